The van der Waals surface area contributed by atoms with Crippen LogP contribution in [0.2, 0.25) is 0 Å². The molecule has 0 fully saturated rings. The van der Waals surface area contributed by atoms with Crippen LogP contribution < -0.4 is 14.5 Å². The van der Waals surface area contributed by atoms with Crippen molar-refractivity contribution in [3.05, 3.63) is 240 Å². The number of hydrogen-bond donors (Lipinski definition) is 0. The van der Waals surface area contributed by atoms with Gasteiger partial charge in [0.2, 0.25) is 0 Å². The van der Waals surface area contributed by atoms with Gasteiger partial charge in [-0.15, -0.1) is 0 Å². The molecule has 0 N–H and O–H groups in total. The summed E-state index contributed by atoms with van der Waals surface area (Å²) in [6.07, 6.45) is 3.72. The molecule has 2 aliphatic rings. The standard InChI is InChI=1S/C84H88N4O/c1-79(2,3)59-43-58(44-60(46-59)80(4,5)6)54-33-35-56(36-34-54)67-47-61(81(7,8)9)48-68(57-37-40-70-72(45-57)84(15,16)42-41-83(70,13)14)78(67)87-53-86(74-31-22-23-32-75(74)87)62-27-24-28-63(49-62)89-64-38-39-66-65-29-20-21-30-73(65)88(76(66)50-64)77-51-71(82(10,11)12)69(52-85-77)55-25-18-17-19-26-55/h17-40,43-52H,41-42,53H2,1-16H3/i17D,18D,19D,20D,21D,25D,26D,29D,30D. The van der Waals surface area contributed by atoms with Gasteiger partial charge < -0.3 is 14.5 Å². The number of nitrogens with zero attached hydrogens (tertiary/aromatic N) is 4. The van der Waals surface area contributed by atoms with Gasteiger partial charge in [0.25, 0.3) is 0 Å². The van der Waals surface area contributed by atoms with Gasteiger partial charge in [0.05, 0.1) is 40.4 Å². The van der Waals surface area contributed by atoms with Crippen LogP contribution in [0.1, 0.15) is 169 Å². The van der Waals surface area contributed by atoms with E-state index >= 15 is 0 Å². The first-order valence-electron chi connectivity index (χ1n) is 36.0. The molecule has 0 amide bonds. The predicted octanol–water partition coefficient (Wildman–Crippen LogP) is 23.4. The first-order valence-corrected chi connectivity index (χ1v) is 31.5. The van der Waals surface area contributed by atoms with E-state index in [9.17, 15) is 2.74 Å². The third-order valence-electron chi connectivity index (χ3n) is 18.8. The first-order chi connectivity index (χ1) is 45.8. The van der Waals surface area contributed by atoms with Crippen molar-refractivity contribution in [2.24, 2.45) is 0 Å². The van der Waals surface area contributed by atoms with Gasteiger partial charge in [0.15, 0.2) is 0 Å². The average Bonchev–Trinajstić information content (AvgIpc) is 1.33. The van der Waals surface area contributed by atoms with Crippen LogP contribution >= 0.6 is 0 Å². The van der Waals surface area contributed by atoms with Crippen molar-refractivity contribution in [3.8, 4) is 61.8 Å². The molecule has 0 bridgehead atoms. The largest absolute Gasteiger partial charge is 0.457 e. The maximum absolute atomic E-state index is 9.38. The molecule has 0 saturated carbocycles. The molecule has 3 heterocycles. The lowest BCUT2D eigenvalue weighted by atomic mass is 9.63. The fourth-order valence-electron chi connectivity index (χ4n) is 13.3. The molecule has 0 radical (unpaired) electrons. The quantitative estimate of drug-likeness (QED) is 0.144. The summed E-state index contributed by atoms with van der Waals surface area (Å²) in [5, 5.41) is 0.849. The molecule has 89 heavy (non-hydrogen) atoms. The van der Waals surface area contributed by atoms with Crippen molar-refractivity contribution < 1.29 is 17.1 Å². The molecule has 450 valence electrons. The van der Waals surface area contributed by atoms with Crippen LogP contribution in [-0.4, -0.2) is 16.2 Å². The lowest BCUT2D eigenvalue weighted by Crippen LogP contribution is -2.33. The van der Waals surface area contributed by atoms with Crippen molar-refractivity contribution >= 4 is 44.6 Å². The summed E-state index contributed by atoms with van der Waals surface area (Å²) in [7, 11) is 0. The van der Waals surface area contributed by atoms with E-state index in [1.807, 2.05) is 57.2 Å². The van der Waals surface area contributed by atoms with Gasteiger partial charge in [-0.1, -0.05) is 238 Å². The highest BCUT2D eigenvalue weighted by Crippen LogP contribution is 2.54. The Kier molecular flexibility index (Phi) is 11.9. The van der Waals surface area contributed by atoms with E-state index in [2.05, 4.69) is 203 Å². The van der Waals surface area contributed by atoms with E-state index in [0.717, 1.165) is 52.3 Å². The summed E-state index contributed by atoms with van der Waals surface area (Å²) < 4.78 is 88.2. The average molecular weight is 1180 g/mol. The maximum atomic E-state index is 9.38. The van der Waals surface area contributed by atoms with Crippen LogP contribution in [0.3, 0.4) is 0 Å². The highest BCUT2D eigenvalue weighted by molar-refractivity contribution is 6.09. The Balaban J connectivity index is 0.942. The van der Waals surface area contributed by atoms with Crippen molar-refractivity contribution in [2.45, 2.75) is 156 Å². The lowest BCUT2D eigenvalue weighted by Gasteiger charge is -2.42. The molecule has 0 spiro atoms. The second kappa shape index (κ2) is 21.5. The summed E-state index contributed by atoms with van der Waals surface area (Å²) in [5.74, 6) is 1.30. The zero-order valence-corrected chi connectivity index (χ0v) is 54.8. The zero-order chi connectivity index (χ0) is 70.6. The first kappa shape index (κ1) is 49.2. The molecule has 9 aromatic carbocycles. The Morgan fingerprint density at radius 2 is 1.02 bits per heavy atom. The Labute approximate surface area is 542 Å². The SMILES string of the molecule is [2H]c1c([2H])c([2H])c(-c2cnc(-n3c4cc(Oc5cccc(N6CN(c7c(-c8ccc(-c9cc(C(C)(C)C)cc(C(C)(C)C)c9)cc8)cc(C(C)(C)C)cc7-c7ccc8c(c7)C(C)(C)CCC8(C)C)c7ccccc76)c5)ccc4c4c([2H])c([2H])c([2H])c([2H])c43)cc2C(C)(C)C)c([2H])c1[2H]. The Bertz CT molecular complexity index is 5030. The molecule has 0 atom stereocenters. The van der Waals surface area contributed by atoms with Gasteiger partial charge >= 0.3 is 0 Å². The number of hydrogen-bond acceptors (Lipinski definition) is 4. The van der Waals surface area contributed by atoms with E-state index in [0.29, 0.717) is 51.4 Å². The molecule has 13 rings (SSSR count). The van der Waals surface area contributed by atoms with Gasteiger partial charge in [0, 0.05) is 51.5 Å². The number of para-hydroxylation sites is 3. The van der Waals surface area contributed by atoms with Crippen LogP contribution in [0.4, 0.5) is 22.7 Å². The number of aromatic nitrogens is 2. The van der Waals surface area contributed by atoms with Crippen LogP contribution in [0.5, 0.6) is 11.5 Å². The second-order valence-corrected chi connectivity index (χ2v) is 30.2. The van der Waals surface area contributed by atoms with Gasteiger partial charge in [-0.2, -0.15) is 0 Å². The van der Waals surface area contributed by atoms with E-state index < -0.39 is 29.6 Å². The maximum Gasteiger partial charge on any atom is 0.137 e. The van der Waals surface area contributed by atoms with Crippen LogP contribution in [0, 0.1) is 0 Å². The van der Waals surface area contributed by atoms with Crippen molar-refractivity contribution in [1.82, 2.24) is 9.55 Å². The van der Waals surface area contributed by atoms with Crippen molar-refractivity contribution in [1.29, 1.82) is 0 Å². The van der Waals surface area contributed by atoms with E-state index in [1.165, 1.54) is 50.7 Å². The van der Waals surface area contributed by atoms with Gasteiger partial charge in [0.1, 0.15) is 24.0 Å². The molecule has 0 unspecified atom stereocenters. The minimum atomic E-state index is -0.665. The van der Waals surface area contributed by atoms with Gasteiger partial charge in [-0.3, -0.25) is 4.57 Å². The highest BCUT2D eigenvalue weighted by Gasteiger charge is 2.39. The number of ether oxygens (including phenoxy) is 1. The Hall–Kier alpha value is -8.67. The summed E-state index contributed by atoms with van der Waals surface area (Å²) in [4.78, 5) is 9.77. The normalized spacial score (nSPS) is 16.4. The molecule has 5 heteroatoms. The second-order valence-electron chi connectivity index (χ2n) is 30.2. The highest BCUT2D eigenvalue weighted by atomic mass is 16.5. The van der Waals surface area contributed by atoms with Crippen LogP contribution in [0.25, 0.3) is 72.1 Å². The number of pyridine rings is 1. The molecule has 2 aromatic heterocycles. The van der Waals surface area contributed by atoms with Crippen molar-refractivity contribution in [3.63, 3.8) is 0 Å². The smallest absolute Gasteiger partial charge is 0.137 e. The summed E-state index contributed by atoms with van der Waals surface area (Å²) in [5.41, 5.74) is 18.6. The van der Waals surface area contributed by atoms with Crippen LogP contribution in [0.15, 0.2) is 206 Å². The summed E-state index contributed by atoms with van der Waals surface area (Å²) in [6, 6.07) is 49.2. The Morgan fingerprint density at radius 3 is 1.69 bits per heavy atom. The van der Waals surface area contributed by atoms with E-state index in [1.54, 1.807) is 10.6 Å². The third kappa shape index (κ3) is 11.0. The molecule has 1 aliphatic carbocycles. The predicted molar refractivity (Wildman–Crippen MR) is 379 cm³/mol. The number of fused-ring (bicyclic) bond motifs is 5. The molecule has 0 saturated heterocycles. The van der Waals surface area contributed by atoms with Crippen molar-refractivity contribution in [2.75, 3.05) is 16.5 Å². The number of rotatable bonds is 9. The fraction of sp³-hybridized carbons (Fsp3) is 0.298. The zero-order valence-electron chi connectivity index (χ0n) is 63.8. The van der Waals surface area contributed by atoms with E-state index in [4.69, 9.17) is 19.3 Å². The molecular formula is C84H88N4O. The Morgan fingerprint density at radius 1 is 0.438 bits per heavy atom. The minimum Gasteiger partial charge on any atom is -0.457 e. The number of benzene rings is 9. The minimum absolute atomic E-state index is 0.0180. The molecular weight excluding hydrogens is 1080 g/mol. The fourth-order valence-corrected chi connectivity index (χ4v) is 13.3. The third-order valence-corrected chi connectivity index (χ3v) is 18.8. The topological polar surface area (TPSA) is 33.5 Å². The van der Waals surface area contributed by atoms with Gasteiger partial charge in [-0.05, 0) is 167 Å². The summed E-state index contributed by atoms with van der Waals surface area (Å²) in [6.45, 7) is 36.6. The monoisotopic (exact) mass is 1180 g/mol. The number of anilines is 4. The molecule has 11 aromatic rings. The lowest BCUT2D eigenvalue weighted by molar-refractivity contribution is 0.332. The van der Waals surface area contributed by atoms with E-state index in [-0.39, 0.29) is 68.4 Å². The molecule has 5 nitrogen and oxygen atoms in total. The van der Waals surface area contributed by atoms with Gasteiger partial charge in [-0.25, -0.2) is 4.98 Å². The summed E-state index contributed by atoms with van der Waals surface area (Å²) >= 11 is 0. The molecule has 1 aliphatic heterocycles. The van der Waals surface area contributed by atoms with Crippen LogP contribution in [-0.2, 0) is 32.5 Å².